The fraction of sp³-hybridized carbons (Fsp3) is 0.375. The second-order valence-electron chi connectivity index (χ2n) is 5.82. The van der Waals surface area contributed by atoms with Gasteiger partial charge in [0.15, 0.2) is 11.2 Å². The fourth-order valence-electron chi connectivity index (χ4n) is 2.73. The molecule has 0 bridgehead atoms. The van der Waals surface area contributed by atoms with Crippen LogP contribution in [0.3, 0.4) is 0 Å². The Bertz CT molecular complexity index is 1050. The molecule has 0 aliphatic carbocycles. The molecule has 0 saturated heterocycles. The lowest BCUT2D eigenvalue weighted by atomic mass is 10.4. The molecule has 0 saturated carbocycles. The van der Waals surface area contributed by atoms with Crippen LogP contribution in [0.4, 0.5) is 0 Å². The second kappa shape index (κ2) is 6.42. The van der Waals surface area contributed by atoms with E-state index in [1.54, 1.807) is 48.6 Å². The summed E-state index contributed by atoms with van der Waals surface area (Å²) >= 11 is 0. The minimum atomic E-state index is -0.440. The molecule has 0 N–H and O–H groups in total. The molecule has 3 aromatic rings. The highest BCUT2D eigenvalue weighted by Gasteiger charge is 2.15. The Morgan fingerprint density at radius 3 is 2.64 bits per heavy atom. The highest BCUT2D eigenvalue weighted by Crippen LogP contribution is 2.04. The van der Waals surface area contributed by atoms with E-state index >= 15 is 0 Å². The number of nitrogens with zero attached hydrogens (tertiary/aromatic N) is 5. The number of hydrogen-bond acceptors (Lipinski definition) is 5. The van der Waals surface area contributed by atoms with Gasteiger partial charge in [-0.15, -0.1) is 0 Å². The largest absolute Gasteiger partial charge is 0.461 e. The monoisotopic (exact) mass is 345 g/mol. The van der Waals surface area contributed by atoms with Gasteiger partial charge < -0.3 is 13.9 Å². The normalized spacial score (nSPS) is 11.2. The number of carbonyl (C=O) groups is 1. The molecular weight excluding hydrogens is 326 g/mol. The minimum Gasteiger partial charge on any atom is -0.461 e. The minimum absolute atomic E-state index is 0.114. The summed E-state index contributed by atoms with van der Waals surface area (Å²) in [5.41, 5.74) is 0.327. The van der Waals surface area contributed by atoms with Gasteiger partial charge >= 0.3 is 11.7 Å². The number of fused-ring (bicyclic) bond motifs is 1. The summed E-state index contributed by atoms with van der Waals surface area (Å²) in [4.78, 5) is 40.9. The summed E-state index contributed by atoms with van der Waals surface area (Å²) < 4.78 is 10.9. The Morgan fingerprint density at radius 1 is 1.20 bits per heavy atom. The van der Waals surface area contributed by atoms with Crippen LogP contribution in [0.5, 0.6) is 0 Å². The molecule has 9 heteroatoms. The van der Waals surface area contributed by atoms with Crippen molar-refractivity contribution in [2.24, 2.45) is 21.1 Å². The van der Waals surface area contributed by atoms with Crippen LogP contribution in [0.1, 0.15) is 16.9 Å². The van der Waals surface area contributed by atoms with E-state index in [0.717, 1.165) is 4.57 Å². The highest BCUT2D eigenvalue weighted by molar-refractivity contribution is 5.87. The first-order chi connectivity index (χ1) is 11.9. The second-order valence-corrected chi connectivity index (χ2v) is 5.82. The van der Waals surface area contributed by atoms with Gasteiger partial charge in [0.1, 0.15) is 5.69 Å². The molecule has 0 fully saturated rings. The third-order valence-corrected chi connectivity index (χ3v) is 4.11. The Balaban J connectivity index is 1.73. The predicted octanol–water partition coefficient (Wildman–Crippen LogP) is 0.0193. The number of esters is 1. The van der Waals surface area contributed by atoms with Crippen molar-refractivity contribution >= 4 is 17.1 Å². The van der Waals surface area contributed by atoms with Crippen molar-refractivity contribution < 1.29 is 9.53 Å². The molecule has 0 aromatic carbocycles. The molecule has 0 aliphatic rings. The molecule has 0 radical (unpaired) electrons. The summed E-state index contributed by atoms with van der Waals surface area (Å²) in [5.74, 6) is -0.435. The van der Waals surface area contributed by atoms with Crippen molar-refractivity contribution in [1.82, 2.24) is 23.3 Å². The van der Waals surface area contributed by atoms with E-state index in [2.05, 4.69) is 4.98 Å². The van der Waals surface area contributed by atoms with Gasteiger partial charge in [-0.3, -0.25) is 13.9 Å². The third kappa shape index (κ3) is 2.88. The molecule has 0 aliphatic heterocycles. The van der Waals surface area contributed by atoms with Gasteiger partial charge in [-0.2, -0.15) is 0 Å². The van der Waals surface area contributed by atoms with Crippen molar-refractivity contribution in [3.63, 3.8) is 0 Å². The number of rotatable bonds is 5. The molecule has 0 atom stereocenters. The predicted molar refractivity (Wildman–Crippen MR) is 90.5 cm³/mol. The lowest BCUT2D eigenvalue weighted by molar-refractivity contribution is 0.0484. The number of imidazole rings is 1. The summed E-state index contributed by atoms with van der Waals surface area (Å²) in [6.07, 6.45) is 3.61. The topological polar surface area (TPSA) is 93.1 Å². The van der Waals surface area contributed by atoms with Crippen molar-refractivity contribution in [2.75, 3.05) is 6.61 Å². The van der Waals surface area contributed by atoms with Crippen molar-refractivity contribution in [3.8, 4) is 0 Å². The Hall–Kier alpha value is -3.10. The van der Waals surface area contributed by atoms with Crippen LogP contribution in [0.25, 0.3) is 11.2 Å². The average molecular weight is 345 g/mol. The zero-order chi connectivity index (χ0) is 18.1. The Kier molecular flexibility index (Phi) is 4.30. The molecule has 9 nitrogen and oxygen atoms in total. The fourth-order valence-corrected chi connectivity index (χ4v) is 2.73. The molecule has 0 unspecified atom stereocenters. The first-order valence-electron chi connectivity index (χ1n) is 7.81. The molecular formula is C16H19N5O4. The lowest BCUT2D eigenvalue weighted by Gasteiger charge is -2.09. The van der Waals surface area contributed by atoms with Crippen LogP contribution in [-0.2, 0) is 32.4 Å². The highest BCUT2D eigenvalue weighted by atomic mass is 16.5. The molecule has 0 spiro atoms. The number of hydrogen-bond donors (Lipinski definition) is 0. The zero-order valence-electron chi connectivity index (χ0n) is 14.3. The molecule has 25 heavy (non-hydrogen) atoms. The Labute approximate surface area is 142 Å². The smallest absolute Gasteiger partial charge is 0.354 e. The van der Waals surface area contributed by atoms with E-state index in [9.17, 15) is 14.4 Å². The van der Waals surface area contributed by atoms with E-state index in [4.69, 9.17) is 4.74 Å². The van der Waals surface area contributed by atoms with Gasteiger partial charge in [-0.25, -0.2) is 14.6 Å². The van der Waals surface area contributed by atoms with E-state index in [-0.39, 0.29) is 13.2 Å². The van der Waals surface area contributed by atoms with Crippen molar-refractivity contribution in [1.29, 1.82) is 0 Å². The summed E-state index contributed by atoms with van der Waals surface area (Å²) in [6, 6.07) is 3.42. The van der Waals surface area contributed by atoms with Crippen LogP contribution < -0.4 is 11.2 Å². The standard InChI is InChI=1S/C16H19N5O4/c1-18-7-4-6-11(18)15(23)25-9-5-8-21-14(22)12-13(17-10-19(12)2)20(3)16(21)24/h4,6-7,10H,5,8-9H2,1-3H3. The van der Waals surface area contributed by atoms with E-state index in [0.29, 0.717) is 23.3 Å². The summed E-state index contributed by atoms with van der Waals surface area (Å²) in [5, 5.41) is 0. The summed E-state index contributed by atoms with van der Waals surface area (Å²) in [7, 11) is 5.03. The van der Waals surface area contributed by atoms with Gasteiger partial charge in [0.25, 0.3) is 5.56 Å². The van der Waals surface area contributed by atoms with Crippen LogP contribution in [0, 0.1) is 0 Å². The molecule has 3 aromatic heterocycles. The van der Waals surface area contributed by atoms with Gasteiger partial charge in [0, 0.05) is 33.9 Å². The van der Waals surface area contributed by atoms with Crippen molar-refractivity contribution in [3.05, 3.63) is 51.2 Å². The van der Waals surface area contributed by atoms with Gasteiger partial charge in [0.05, 0.1) is 12.9 Å². The van der Waals surface area contributed by atoms with Gasteiger partial charge in [0.2, 0.25) is 0 Å². The maximum Gasteiger partial charge on any atom is 0.354 e. The van der Waals surface area contributed by atoms with Crippen LogP contribution in [0.15, 0.2) is 34.2 Å². The quantitative estimate of drug-likeness (QED) is 0.480. The van der Waals surface area contributed by atoms with E-state index < -0.39 is 17.2 Å². The third-order valence-electron chi connectivity index (χ3n) is 4.11. The summed E-state index contributed by atoms with van der Waals surface area (Å²) in [6.45, 7) is 0.274. The van der Waals surface area contributed by atoms with E-state index in [1.165, 1.54) is 10.9 Å². The van der Waals surface area contributed by atoms with Gasteiger partial charge in [-0.1, -0.05) is 0 Å². The van der Waals surface area contributed by atoms with Crippen LogP contribution in [0.2, 0.25) is 0 Å². The van der Waals surface area contributed by atoms with Gasteiger partial charge in [-0.05, 0) is 18.6 Å². The number of carbonyl (C=O) groups excluding carboxylic acids is 1. The maximum absolute atomic E-state index is 12.5. The molecule has 0 amide bonds. The average Bonchev–Trinajstić information content (AvgIpc) is 3.18. The van der Waals surface area contributed by atoms with Crippen LogP contribution in [-0.4, -0.2) is 35.8 Å². The number of aromatic nitrogens is 5. The number of aryl methyl sites for hydroxylation is 3. The first kappa shape index (κ1) is 16.7. The Morgan fingerprint density at radius 2 is 1.96 bits per heavy atom. The molecule has 3 rings (SSSR count). The SMILES string of the molecule is Cn1cccc1C(=O)OCCCn1c(=O)c2c(ncn2C)n(C)c1=O. The van der Waals surface area contributed by atoms with Crippen molar-refractivity contribution in [2.45, 2.75) is 13.0 Å². The maximum atomic E-state index is 12.5. The molecule has 132 valence electrons. The molecule has 3 heterocycles. The van der Waals surface area contributed by atoms with E-state index in [1.807, 2.05) is 0 Å². The van der Waals surface area contributed by atoms with Crippen LogP contribution >= 0.6 is 0 Å². The zero-order valence-corrected chi connectivity index (χ0v) is 14.3. The lowest BCUT2D eigenvalue weighted by Crippen LogP contribution is -2.39. The number of ether oxygens (including phenoxy) is 1. The first-order valence-corrected chi connectivity index (χ1v) is 7.81.